The van der Waals surface area contributed by atoms with Crippen LogP contribution in [0.15, 0.2) is 36.4 Å². The van der Waals surface area contributed by atoms with Gasteiger partial charge < -0.3 is 25.2 Å². The van der Waals surface area contributed by atoms with Crippen molar-refractivity contribution in [3.8, 4) is 11.5 Å². The fraction of sp³-hybridized carbons (Fsp3) is 0.381. The fourth-order valence-corrected chi connectivity index (χ4v) is 3.50. The van der Waals surface area contributed by atoms with Crippen molar-refractivity contribution < 1.29 is 32.5 Å². The highest BCUT2D eigenvalue weighted by Crippen LogP contribution is 2.30. The maximum Gasteiger partial charge on any atom is 0.573 e. The summed E-state index contributed by atoms with van der Waals surface area (Å²) in [6.45, 7) is 0.993. The van der Waals surface area contributed by atoms with Gasteiger partial charge in [0, 0.05) is 23.8 Å². The van der Waals surface area contributed by atoms with E-state index in [9.17, 15) is 23.1 Å². The Balaban J connectivity index is 1.83. The number of carboxylic acid groups (broad SMARTS) is 1. The van der Waals surface area contributed by atoms with Crippen LogP contribution in [-0.4, -0.2) is 31.1 Å². The van der Waals surface area contributed by atoms with Crippen LogP contribution in [0.4, 0.5) is 18.9 Å². The summed E-state index contributed by atoms with van der Waals surface area (Å²) in [7, 11) is 1.42. The summed E-state index contributed by atoms with van der Waals surface area (Å²) in [5.74, 6) is -1.01. The van der Waals surface area contributed by atoms with E-state index in [-0.39, 0.29) is 23.9 Å². The molecule has 0 aliphatic carbocycles. The van der Waals surface area contributed by atoms with Crippen molar-refractivity contribution in [3.05, 3.63) is 53.1 Å². The number of aromatic carboxylic acids is 1. The molecule has 0 unspecified atom stereocenters. The van der Waals surface area contributed by atoms with Gasteiger partial charge in [-0.3, -0.25) is 0 Å². The fourth-order valence-electron chi connectivity index (χ4n) is 3.50. The maximum atomic E-state index is 12.5. The number of ether oxygens (including phenoxy) is 2. The van der Waals surface area contributed by atoms with E-state index in [1.165, 1.54) is 31.4 Å². The van der Waals surface area contributed by atoms with Crippen LogP contribution in [0.2, 0.25) is 0 Å². The zero-order chi connectivity index (χ0) is 21.7. The highest BCUT2D eigenvalue weighted by molar-refractivity contribution is 5.89. The van der Waals surface area contributed by atoms with E-state index in [0.29, 0.717) is 17.0 Å². The summed E-state index contributed by atoms with van der Waals surface area (Å²) in [6, 6.07) is 8.88. The Morgan fingerprint density at radius 3 is 2.67 bits per heavy atom. The van der Waals surface area contributed by atoms with Gasteiger partial charge in [-0.25, -0.2) is 4.79 Å². The number of hydrogen-bond donors (Lipinski definition) is 3. The molecular formula is C21H23F3N2O4. The Kier molecular flexibility index (Phi) is 6.71. The molecule has 1 aliphatic rings. The summed E-state index contributed by atoms with van der Waals surface area (Å²) in [4.78, 5) is 11.5. The lowest BCUT2D eigenvalue weighted by molar-refractivity contribution is -0.274. The largest absolute Gasteiger partial charge is 0.573 e. The van der Waals surface area contributed by atoms with E-state index in [1.807, 2.05) is 6.07 Å². The number of benzene rings is 2. The Morgan fingerprint density at radius 2 is 2.03 bits per heavy atom. The van der Waals surface area contributed by atoms with Crippen molar-refractivity contribution in [2.45, 2.75) is 38.2 Å². The summed E-state index contributed by atoms with van der Waals surface area (Å²) >= 11 is 0. The van der Waals surface area contributed by atoms with Crippen molar-refractivity contribution in [1.82, 2.24) is 5.32 Å². The van der Waals surface area contributed by atoms with Gasteiger partial charge in [0.2, 0.25) is 0 Å². The van der Waals surface area contributed by atoms with Crippen LogP contribution in [0, 0.1) is 0 Å². The molecule has 1 atom stereocenters. The molecule has 0 amide bonds. The summed E-state index contributed by atoms with van der Waals surface area (Å²) in [6.07, 6.45) is -1.75. The van der Waals surface area contributed by atoms with Crippen LogP contribution in [-0.2, 0) is 6.54 Å². The second-order valence-corrected chi connectivity index (χ2v) is 7.03. The van der Waals surface area contributed by atoms with Gasteiger partial charge >= 0.3 is 12.3 Å². The van der Waals surface area contributed by atoms with Gasteiger partial charge in [0.05, 0.1) is 12.7 Å². The van der Waals surface area contributed by atoms with Gasteiger partial charge in [-0.15, -0.1) is 13.2 Å². The molecule has 0 radical (unpaired) electrons. The number of rotatable bonds is 7. The smallest absolute Gasteiger partial charge is 0.496 e. The first-order valence-corrected chi connectivity index (χ1v) is 9.53. The molecule has 30 heavy (non-hydrogen) atoms. The number of nitrogens with one attached hydrogen (secondary N) is 2. The number of halogens is 3. The van der Waals surface area contributed by atoms with Crippen molar-refractivity contribution in [3.63, 3.8) is 0 Å². The third kappa shape index (κ3) is 5.79. The first kappa shape index (κ1) is 21.8. The van der Waals surface area contributed by atoms with Crippen LogP contribution < -0.4 is 20.1 Å². The molecule has 0 spiro atoms. The minimum atomic E-state index is -4.79. The molecule has 6 nitrogen and oxygen atoms in total. The average Bonchev–Trinajstić information content (AvgIpc) is 2.71. The predicted molar refractivity (Wildman–Crippen MR) is 105 cm³/mol. The van der Waals surface area contributed by atoms with Gasteiger partial charge in [-0.1, -0.05) is 6.42 Å². The average molecular weight is 424 g/mol. The van der Waals surface area contributed by atoms with E-state index in [2.05, 4.69) is 15.4 Å². The minimum Gasteiger partial charge on any atom is -0.496 e. The zero-order valence-corrected chi connectivity index (χ0v) is 16.4. The maximum absolute atomic E-state index is 12.5. The molecule has 0 bridgehead atoms. The van der Waals surface area contributed by atoms with Gasteiger partial charge in [0.15, 0.2) is 0 Å². The van der Waals surface area contributed by atoms with E-state index < -0.39 is 12.3 Å². The number of piperidine rings is 1. The molecule has 3 N–H and O–H groups in total. The van der Waals surface area contributed by atoms with E-state index in [4.69, 9.17) is 4.74 Å². The number of anilines is 1. The van der Waals surface area contributed by atoms with Crippen LogP contribution >= 0.6 is 0 Å². The molecule has 3 rings (SSSR count). The Hall–Kier alpha value is -2.94. The van der Waals surface area contributed by atoms with Crippen molar-refractivity contribution in [2.24, 2.45) is 0 Å². The monoisotopic (exact) mass is 424 g/mol. The van der Waals surface area contributed by atoms with Gasteiger partial charge in [0.1, 0.15) is 11.5 Å². The third-order valence-corrected chi connectivity index (χ3v) is 4.88. The lowest BCUT2D eigenvalue weighted by Gasteiger charge is -2.25. The highest BCUT2D eigenvalue weighted by atomic mass is 19.4. The lowest BCUT2D eigenvalue weighted by atomic mass is 9.95. The van der Waals surface area contributed by atoms with Gasteiger partial charge in [-0.2, -0.15) is 0 Å². The van der Waals surface area contributed by atoms with Crippen LogP contribution in [0.3, 0.4) is 0 Å². The van der Waals surface area contributed by atoms with Crippen LogP contribution in [0.25, 0.3) is 0 Å². The molecule has 0 aromatic heterocycles. The minimum absolute atomic E-state index is 0.0663. The van der Waals surface area contributed by atoms with E-state index in [0.717, 1.165) is 31.4 Å². The molecule has 2 aromatic carbocycles. The lowest BCUT2D eigenvalue weighted by Crippen LogP contribution is -2.27. The molecule has 2 aromatic rings. The molecule has 1 fully saturated rings. The van der Waals surface area contributed by atoms with Crippen molar-refractivity contribution in [2.75, 3.05) is 19.0 Å². The predicted octanol–water partition coefficient (Wildman–Crippen LogP) is 4.72. The quantitative estimate of drug-likeness (QED) is 0.597. The number of methoxy groups -OCH3 is 1. The Morgan fingerprint density at radius 1 is 1.23 bits per heavy atom. The SMILES string of the molecule is COc1ccc(OC(F)(F)F)cc1CNc1cc(C(=O)O)cc([C@@H]2CCCCN2)c1. The Bertz CT molecular complexity index is 896. The number of hydrogen-bond acceptors (Lipinski definition) is 5. The van der Waals surface area contributed by atoms with Gasteiger partial charge in [0.25, 0.3) is 0 Å². The molecule has 0 saturated carbocycles. The van der Waals surface area contributed by atoms with Crippen LogP contribution in [0.5, 0.6) is 11.5 Å². The molecular weight excluding hydrogens is 401 g/mol. The van der Waals surface area contributed by atoms with Crippen molar-refractivity contribution >= 4 is 11.7 Å². The second-order valence-electron chi connectivity index (χ2n) is 7.03. The first-order chi connectivity index (χ1) is 14.2. The van der Waals surface area contributed by atoms with Crippen LogP contribution in [0.1, 0.15) is 46.8 Å². The molecule has 1 heterocycles. The number of carbonyl (C=O) groups is 1. The summed E-state index contributed by atoms with van der Waals surface area (Å²) < 4.78 is 46.7. The third-order valence-electron chi connectivity index (χ3n) is 4.88. The van der Waals surface area contributed by atoms with Gasteiger partial charge in [-0.05, 0) is 61.3 Å². The summed E-state index contributed by atoms with van der Waals surface area (Å²) in [5.41, 5.74) is 2.00. The Labute approximate surface area is 172 Å². The van der Waals surface area contributed by atoms with E-state index >= 15 is 0 Å². The molecule has 1 saturated heterocycles. The molecule has 1 aliphatic heterocycles. The standard InChI is InChI=1S/C21H23F3N2O4/c1-29-19-6-5-17(30-21(22,23)24)11-15(19)12-26-16-9-13(8-14(10-16)20(27)28)18-4-2-3-7-25-18/h5-6,8-11,18,25-26H,2-4,7,12H2,1H3,(H,27,28)/t18-/m0/s1. The normalized spacial score (nSPS) is 16.7. The van der Waals surface area contributed by atoms with E-state index in [1.54, 1.807) is 6.07 Å². The molecule has 9 heteroatoms. The number of carboxylic acids is 1. The number of alkyl halides is 3. The highest BCUT2D eigenvalue weighted by Gasteiger charge is 2.31. The zero-order valence-electron chi connectivity index (χ0n) is 16.4. The van der Waals surface area contributed by atoms with Crippen molar-refractivity contribution in [1.29, 1.82) is 0 Å². The topological polar surface area (TPSA) is 79.8 Å². The first-order valence-electron chi connectivity index (χ1n) is 9.53. The summed E-state index contributed by atoms with van der Waals surface area (Å²) in [5, 5.41) is 15.9. The second kappa shape index (κ2) is 9.25. The molecule has 162 valence electrons.